The van der Waals surface area contributed by atoms with Crippen LogP contribution in [0.15, 0.2) is 24.3 Å². The highest BCUT2D eigenvalue weighted by molar-refractivity contribution is 6.33. The van der Waals surface area contributed by atoms with Gasteiger partial charge < -0.3 is 4.57 Å². The van der Waals surface area contributed by atoms with Crippen LogP contribution < -0.4 is 0 Å². The molecule has 0 radical (unpaired) electrons. The smallest absolute Gasteiger partial charge is 0.182 e. The maximum Gasteiger partial charge on any atom is 0.182 e. The summed E-state index contributed by atoms with van der Waals surface area (Å²) in [5.41, 5.74) is 2.24. The Morgan fingerprint density at radius 2 is 2.00 bits per heavy atom. The van der Waals surface area contributed by atoms with E-state index in [1.165, 1.54) is 6.07 Å². The lowest BCUT2D eigenvalue weighted by Crippen LogP contribution is -2.12. The third-order valence-corrected chi connectivity index (χ3v) is 3.72. The zero-order chi connectivity index (χ0) is 15.0. The van der Waals surface area contributed by atoms with Gasteiger partial charge in [-0.2, -0.15) is 0 Å². The Bertz CT molecular complexity index is 677. The summed E-state index contributed by atoms with van der Waals surface area (Å²) in [5.74, 6) is -0.678. The Morgan fingerprint density at radius 3 is 2.60 bits per heavy atom. The van der Waals surface area contributed by atoms with Crippen molar-refractivity contribution in [1.82, 2.24) is 4.57 Å². The number of halogens is 3. The molecule has 0 saturated carbocycles. The Morgan fingerprint density at radius 1 is 1.35 bits per heavy atom. The lowest BCUT2D eigenvalue weighted by Gasteiger charge is -2.12. The van der Waals surface area contributed by atoms with E-state index in [2.05, 4.69) is 0 Å². The largest absolute Gasteiger partial charge is 0.315 e. The topological polar surface area (TPSA) is 22.0 Å². The van der Waals surface area contributed by atoms with Gasteiger partial charge in [-0.3, -0.25) is 4.79 Å². The number of aromatic nitrogens is 1. The van der Waals surface area contributed by atoms with Crippen LogP contribution in [-0.2, 0) is 0 Å². The molecular formula is C15H14Cl2FNO. The van der Waals surface area contributed by atoms with Gasteiger partial charge in [0.15, 0.2) is 11.6 Å². The van der Waals surface area contributed by atoms with E-state index in [0.717, 1.165) is 5.69 Å². The molecule has 0 fully saturated rings. The van der Waals surface area contributed by atoms with Gasteiger partial charge in [-0.25, -0.2) is 4.39 Å². The van der Waals surface area contributed by atoms with E-state index < -0.39 is 11.2 Å². The van der Waals surface area contributed by atoms with E-state index in [1.807, 2.05) is 6.92 Å². The predicted molar refractivity (Wildman–Crippen MR) is 79.9 cm³/mol. The molecule has 1 aromatic carbocycles. The van der Waals surface area contributed by atoms with Gasteiger partial charge in [-0.05, 0) is 39.0 Å². The minimum absolute atomic E-state index is 0.0496. The Hall–Kier alpha value is -1.32. The molecule has 0 saturated heterocycles. The summed E-state index contributed by atoms with van der Waals surface area (Å²) in [7, 11) is 0. The van der Waals surface area contributed by atoms with Crippen LogP contribution in [0, 0.1) is 19.7 Å². The summed E-state index contributed by atoms with van der Waals surface area (Å²) in [5, 5.41) is -0.568. The van der Waals surface area contributed by atoms with Crippen molar-refractivity contribution in [2.24, 2.45) is 0 Å². The number of alkyl halides is 1. The molecule has 0 bridgehead atoms. The molecule has 1 aromatic heterocycles. The Balaban J connectivity index is 2.65. The molecule has 0 amide bonds. The molecule has 2 nitrogen and oxygen atoms in total. The minimum atomic E-state index is -0.617. The van der Waals surface area contributed by atoms with E-state index in [9.17, 15) is 9.18 Å². The second kappa shape index (κ2) is 5.58. The fraction of sp³-hybridized carbons (Fsp3) is 0.267. The number of Topliss-reactive ketones (excluding diaryl/α,β-unsaturated/α-hetero) is 1. The zero-order valence-electron chi connectivity index (χ0n) is 11.4. The van der Waals surface area contributed by atoms with Crippen LogP contribution in [0.5, 0.6) is 0 Å². The Labute approximate surface area is 127 Å². The molecule has 106 valence electrons. The summed E-state index contributed by atoms with van der Waals surface area (Å²) < 4.78 is 15.8. The number of nitrogens with zero attached hydrogens (tertiary/aromatic N) is 1. The van der Waals surface area contributed by atoms with Crippen LogP contribution in [0.1, 0.15) is 28.7 Å². The van der Waals surface area contributed by atoms with Crippen molar-refractivity contribution in [3.8, 4) is 5.69 Å². The van der Waals surface area contributed by atoms with Crippen molar-refractivity contribution in [2.45, 2.75) is 26.1 Å². The van der Waals surface area contributed by atoms with Crippen LogP contribution in [0.4, 0.5) is 4.39 Å². The first-order valence-corrected chi connectivity index (χ1v) is 6.97. The maximum atomic E-state index is 14.2. The Kier molecular flexibility index (Phi) is 4.21. The van der Waals surface area contributed by atoms with Crippen molar-refractivity contribution in [2.75, 3.05) is 0 Å². The molecule has 1 atom stereocenters. The summed E-state index contributed by atoms with van der Waals surface area (Å²) in [4.78, 5) is 12.0. The van der Waals surface area contributed by atoms with Crippen LogP contribution in [0.3, 0.4) is 0 Å². The van der Waals surface area contributed by atoms with Crippen molar-refractivity contribution < 1.29 is 9.18 Å². The van der Waals surface area contributed by atoms with E-state index in [4.69, 9.17) is 23.2 Å². The number of benzene rings is 1. The number of rotatable bonds is 3. The van der Waals surface area contributed by atoms with Crippen molar-refractivity contribution in [3.63, 3.8) is 0 Å². The molecule has 0 N–H and O–H groups in total. The van der Waals surface area contributed by atoms with E-state index in [-0.39, 0.29) is 10.8 Å². The van der Waals surface area contributed by atoms with Crippen molar-refractivity contribution >= 4 is 29.0 Å². The van der Waals surface area contributed by atoms with Gasteiger partial charge in [0.1, 0.15) is 0 Å². The zero-order valence-corrected chi connectivity index (χ0v) is 12.9. The molecule has 2 aromatic rings. The standard InChI is InChI=1S/C15H14Cl2FNO/c1-8-7-11(15(20)9(2)16)10(3)19(8)13-6-4-5-12(17)14(13)18/h4-7,9H,1-3H3. The van der Waals surface area contributed by atoms with Crippen molar-refractivity contribution in [1.29, 1.82) is 0 Å². The van der Waals surface area contributed by atoms with Gasteiger partial charge in [0.05, 0.1) is 16.1 Å². The first kappa shape index (κ1) is 15.1. The van der Waals surface area contributed by atoms with Crippen LogP contribution >= 0.6 is 23.2 Å². The first-order valence-electron chi connectivity index (χ1n) is 6.16. The maximum absolute atomic E-state index is 14.2. The minimum Gasteiger partial charge on any atom is -0.315 e. The monoisotopic (exact) mass is 313 g/mol. The SMILES string of the molecule is Cc1cc(C(=O)C(C)Cl)c(C)n1-c1cccc(Cl)c1F. The molecule has 1 unspecified atom stereocenters. The first-order chi connectivity index (χ1) is 9.34. The summed E-state index contributed by atoms with van der Waals surface area (Å²) in [6, 6.07) is 6.50. The van der Waals surface area contributed by atoms with Crippen LogP contribution in [-0.4, -0.2) is 15.7 Å². The summed E-state index contributed by atoms with van der Waals surface area (Å²) >= 11 is 11.7. The second-order valence-corrected chi connectivity index (χ2v) is 5.74. The molecule has 0 spiro atoms. The number of carbonyl (C=O) groups excluding carboxylic acids is 1. The third kappa shape index (κ3) is 2.48. The molecule has 0 aliphatic rings. The second-order valence-electron chi connectivity index (χ2n) is 4.67. The van der Waals surface area contributed by atoms with E-state index in [1.54, 1.807) is 36.6 Å². The average Bonchev–Trinajstić information content (AvgIpc) is 2.68. The lowest BCUT2D eigenvalue weighted by atomic mass is 10.1. The number of hydrogen-bond acceptors (Lipinski definition) is 1. The molecular weight excluding hydrogens is 300 g/mol. The third-order valence-electron chi connectivity index (χ3n) is 3.23. The van der Waals surface area contributed by atoms with Gasteiger partial charge in [0.2, 0.25) is 0 Å². The molecule has 5 heteroatoms. The van der Waals surface area contributed by atoms with Crippen molar-refractivity contribution in [3.05, 3.63) is 52.1 Å². The normalized spacial score (nSPS) is 12.5. The molecule has 0 aliphatic carbocycles. The molecule has 20 heavy (non-hydrogen) atoms. The lowest BCUT2D eigenvalue weighted by molar-refractivity contribution is 0.0991. The highest BCUT2D eigenvalue weighted by Crippen LogP contribution is 2.27. The van der Waals surface area contributed by atoms with Crippen LogP contribution in [0.25, 0.3) is 5.69 Å². The van der Waals surface area contributed by atoms with E-state index >= 15 is 0 Å². The fourth-order valence-corrected chi connectivity index (χ4v) is 2.55. The highest BCUT2D eigenvalue weighted by Gasteiger charge is 2.21. The number of aryl methyl sites for hydroxylation is 1. The van der Waals surface area contributed by atoms with Gasteiger partial charge in [0.25, 0.3) is 0 Å². The van der Waals surface area contributed by atoms with Gasteiger partial charge in [-0.1, -0.05) is 17.7 Å². The van der Waals surface area contributed by atoms with Gasteiger partial charge >= 0.3 is 0 Å². The number of hydrogen-bond donors (Lipinski definition) is 0. The van der Waals surface area contributed by atoms with Gasteiger partial charge in [0, 0.05) is 17.0 Å². The number of carbonyl (C=O) groups is 1. The predicted octanol–water partition coefficient (Wildman–Crippen LogP) is 4.70. The summed E-state index contributed by atoms with van der Waals surface area (Å²) in [6.45, 7) is 5.19. The average molecular weight is 314 g/mol. The van der Waals surface area contributed by atoms with Crippen LogP contribution in [0.2, 0.25) is 5.02 Å². The van der Waals surface area contributed by atoms with E-state index in [0.29, 0.717) is 16.9 Å². The molecule has 2 rings (SSSR count). The molecule has 0 aliphatic heterocycles. The quantitative estimate of drug-likeness (QED) is 0.595. The fourth-order valence-electron chi connectivity index (χ4n) is 2.26. The van der Waals surface area contributed by atoms with Gasteiger partial charge in [-0.15, -0.1) is 11.6 Å². The molecule has 1 heterocycles. The summed E-state index contributed by atoms with van der Waals surface area (Å²) in [6.07, 6.45) is 0. The number of ketones is 1. The highest BCUT2D eigenvalue weighted by atomic mass is 35.5.